The first-order valence-electron chi connectivity index (χ1n) is 35.6. The number of esters is 3. The number of unbranched alkanes of at least 4 members (excludes halogenated alkanes) is 40. The second-order valence-corrected chi connectivity index (χ2v) is 23.8. The van der Waals surface area contributed by atoms with Gasteiger partial charge in [-0.15, -0.1) is 0 Å². The van der Waals surface area contributed by atoms with Crippen molar-refractivity contribution >= 4 is 17.9 Å². The summed E-state index contributed by atoms with van der Waals surface area (Å²) in [6.07, 6.45) is 93.2. The van der Waals surface area contributed by atoms with E-state index >= 15 is 0 Å². The van der Waals surface area contributed by atoms with Crippen LogP contribution in [-0.4, -0.2) is 37.2 Å². The highest BCUT2D eigenvalue weighted by Gasteiger charge is 2.19. The Morgan fingerprint density at radius 2 is 0.476 bits per heavy atom. The van der Waals surface area contributed by atoms with Gasteiger partial charge in [0.25, 0.3) is 0 Å². The van der Waals surface area contributed by atoms with Crippen LogP contribution in [0.4, 0.5) is 0 Å². The van der Waals surface area contributed by atoms with Gasteiger partial charge in [0.15, 0.2) is 6.10 Å². The first-order valence-corrected chi connectivity index (χ1v) is 35.6. The van der Waals surface area contributed by atoms with Crippen LogP contribution in [0.5, 0.6) is 0 Å². The SMILES string of the molecule is CC/C=C\C/C=C\C/C=C\C/C=C\C/C=C\CCCCCC(=O)OCC(COC(=O)CCCCCCCCCCCCCCC/C=C\C/C=C\CCCCCCC)OC(=O)CCCCCCCCCCCCCCCCCCCCCC. The molecule has 0 saturated heterocycles. The van der Waals surface area contributed by atoms with E-state index in [2.05, 4.69) is 106 Å². The van der Waals surface area contributed by atoms with Crippen LogP contribution in [0.1, 0.15) is 361 Å². The molecule has 0 spiro atoms. The third kappa shape index (κ3) is 67.4. The van der Waals surface area contributed by atoms with Crippen LogP contribution in [0, 0.1) is 0 Å². The fraction of sp³-hybridized carbons (Fsp3) is 0.776. The number of allylic oxidation sites excluding steroid dienone is 14. The molecule has 0 saturated carbocycles. The van der Waals surface area contributed by atoms with E-state index in [9.17, 15) is 14.4 Å². The summed E-state index contributed by atoms with van der Waals surface area (Å²) in [4.78, 5) is 38.5. The highest BCUT2D eigenvalue weighted by Crippen LogP contribution is 2.18. The summed E-state index contributed by atoms with van der Waals surface area (Å²) in [5, 5.41) is 0. The standard InChI is InChI=1S/C76H134O6/c1-4-7-10-13-16-19-22-25-28-31-34-36-37-38-39-40-43-45-48-51-54-57-60-63-66-69-75(78)81-72-73(71-80-74(77)68-65-62-59-56-53-50-47-44-41-33-30-27-24-21-18-15-12-9-6-3)82-76(79)70-67-64-61-58-55-52-49-46-42-35-32-29-26-23-20-17-14-11-8-5-2/h9,12,18,21-22,25,27,30-31,34,41,44,50,53,73H,4-8,10-11,13-17,19-20,23-24,26,28-29,32-33,35-40,42-43,45-49,51-52,54-72H2,1-3H3/b12-9-,21-18-,25-22-,30-27-,34-31-,44-41-,53-50-. The number of ether oxygens (including phenoxy) is 3. The first kappa shape index (κ1) is 78.6. The van der Waals surface area contributed by atoms with E-state index in [4.69, 9.17) is 14.2 Å². The van der Waals surface area contributed by atoms with Gasteiger partial charge in [0.1, 0.15) is 13.2 Å². The van der Waals surface area contributed by atoms with Gasteiger partial charge < -0.3 is 14.2 Å². The third-order valence-electron chi connectivity index (χ3n) is 15.6. The van der Waals surface area contributed by atoms with Crippen LogP contribution < -0.4 is 0 Å². The summed E-state index contributed by atoms with van der Waals surface area (Å²) in [6, 6.07) is 0. The first-order chi connectivity index (χ1) is 40.5. The molecule has 0 aliphatic rings. The summed E-state index contributed by atoms with van der Waals surface area (Å²) in [7, 11) is 0. The average Bonchev–Trinajstić information content (AvgIpc) is 3.47. The summed E-state index contributed by atoms with van der Waals surface area (Å²) in [6.45, 7) is 6.55. The minimum atomic E-state index is -0.791. The summed E-state index contributed by atoms with van der Waals surface area (Å²) in [5.41, 5.74) is 0. The van der Waals surface area contributed by atoms with Gasteiger partial charge in [-0.25, -0.2) is 0 Å². The van der Waals surface area contributed by atoms with Crippen LogP contribution in [0.2, 0.25) is 0 Å². The minimum absolute atomic E-state index is 0.0842. The molecule has 0 aliphatic carbocycles. The molecule has 474 valence electrons. The largest absolute Gasteiger partial charge is 0.462 e. The van der Waals surface area contributed by atoms with Crippen LogP contribution in [-0.2, 0) is 28.6 Å². The molecule has 0 aliphatic heterocycles. The van der Waals surface area contributed by atoms with Crippen molar-refractivity contribution in [3.05, 3.63) is 85.1 Å². The van der Waals surface area contributed by atoms with Gasteiger partial charge in [0.2, 0.25) is 0 Å². The lowest BCUT2D eigenvalue weighted by molar-refractivity contribution is -0.167. The maximum Gasteiger partial charge on any atom is 0.306 e. The predicted molar refractivity (Wildman–Crippen MR) is 358 cm³/mol. The zero-order chi connectivity index (χ0) is 59.2. The Morgan fingerprint density at radius 3 is 0.756 bits per heavy atom. The molecule has 1 unspecified atom stereocenters. The molecule has 0 N–H and O–H groups in total. The van der Waals surface area contributed by atoms with Gasteiger partial charge in [-0.1, -0.05) is 331 Å². The predicted octanol–water partition coefficient (Wildman–Crippen LogP) is 24.6. The van der Waals surface area contributed by atoms with Crippen molar-refractivity contribution in [1.29, 1.82) is 0 Å². The molecule has 0 aromatic rings. The van der Waals surface area contributed by atoms with Gasteiger partial charge in [-0.3, -0.25) is 14.4 Å². The normalized spacial score (nSPS) is 12.6. The zero-order valence-electron chi connectivity index (χ0n) is 54.5. The molecule has 0 fully saturated rings. The molecule has 6 nitrogen and oxygen atoms in total. The van der Waals surface area contributed by atoms with Crippen LogP contribution in [0.25, 0.3) is 0 Å². The topological polar surface area (TPSA) is 78.9 Å². The van der Waals surface area contributed by atoms with Gasteiger partial charge in [-0.2, -0.15) is 0 Å². The Kier molecular flexibility index (Phi) is 67.2. The number of carbonyl (C=O) groups excluding carboxylic acids is 3. The summed E-state index contributed by atoms with van der Waals surface area (Å²) < 4.78 is 17.0. The van der Waals surface area contributed by atoms with Crippen molar-refractivity contribution in [3.63, 3.8) is 0 Å². The van der Waals surface area contributed by atoms with E-state index in [1.165, 1.54) is 218 Å². The van der Waals surface area contributed by atoms with Crippen LogP contribution in [0.3, 0.4) is 0 Å². The van der Waals surface area contributed by atoms with Crippen molar-refractivity contribution in [2.45, 2.75) is 367 Å². The lowest BCUT2D eigenvalue weighted by Crippen LogP contribution is -2.30. The van der Waals surface area contributed by atoms with E-state index in [1.807, 2.05) is 0 Å². The highest BCUT2D eigenvalue weighted by molar-refractivity contribution is 5.71. The molecular weight excluding hydrogens is 1010 g/mol. The monoisotopic (exact) mass is 1140 g/mol. The number of carbonyl (C=O) groups is 3. The van der Waals surface area contributed by atoms with Crippen molar-refractivity contribution in [1.82, 2.24) is 0 Å². The Morgan fingerprint density at radius 1 is 0.256 bits per heavy atom. The molecule has 82 heavy (non-hydrogen) atoms. The van der Waals surface area contributed by atoms with Gasteiger partial charge in [-0.05, 0) is 96.3 Å². The summed E-state index contributed by atoms with van der Waals surface area (Å²) in [5.74, 6) is -0.897. The minimum Gasteiger partial charge on any atom is -0.462 e. The van der Waals surface area contributed by atoms with Crippen molar-refractivity contribution in [2.24, 2.45) is 0 Å². The molecule has 0 heterocycles. The van der Waals surface area contributed by atoms with Gasteiger partial charge in [0, 0.05) is 19.3 Å². The van der Waals surface area contributed by atoms with Crippen LogP contribution >= 0.6 is 0 Å². The second kappa shape index (κ2) is 70.1. The maximum absolute atomic E-state index is 13.0. The fourth-order valence-corrected chi connectivity index (χ4v) is 10.3. The molecular formula is C76H134O6. The second-order valence-electron chi connectivity index (χ2n) is 23.8. The van der Waals surface area contributed by atoms with E-state index in [-0.39, 0.29) is 31.1 Å². The Hall–Kier alpha value is -3.41. The number of rotatable bonds is 65. The molecule has 0 radical (unpaired) electrons. The van der Waals surface area contributed by atoms with Crippen LogP contribution in [0.15, 0.2) is 85.1 Å². The molecule has 1 atom stereocenters. The zero-order valence-corrected chi connectivity index (χ0v) is 54.5. The highest BCUT2D eigenvalue weighted by atomic mass is 16.6. The van der Waals surface area contributed by atoms with Crippen molar-refractivity contribution in [3.8, 4) is 0 Å². The fourth-order valence-electron chi connectivity index (χ4n) is 10.3. The Labute approximate surface area is 509 Å². The van der Waals surface area contributed by atoms with E-state index in [1.54, 1.807) is 0 Å². The van der Waals surface area contributed by atoms with E-state index in [0.29, 0.717) is 19.3 Å². The number of hydrogen-bond acceptors (Lipinski definition) is 6. The molecule has 6 heteroatoms. The molecule has 0 aromatic heterocycles. The Balaban J connectivity index is 4.37. The molecule has 0 aromatic carbocycles. The molecule has 0 amide bonds. The van der Waals surface area contributed by atoms with Crippen molar-refractivity contribution in [2.75, 3.05) is 13.2 Å². The quantitative estimate of drug-likeness (QED) is 0.0261. The summed E-state index contributed by atoms with van der Waals surface area (Å²) >= 11 is 0. The average molecular weight is 1140 g/mol. The van der Waals surface area contributed by atoms with Gasteiger partial charge >= 0.3 is 17.9 Å². The smallest absolute Gasteiger partial charge is 0.306 e. The van der Waals surface area contributed by atoms with Gasteiger partial charge in [0.05, 0.1) is 0 Å². The molecule has 0 rings (SSSR count). The third-order valence-corrected chi connectivity index (χ3v) is 15.6. The molecule has 0 bridgehead atoms. The van der Waals surface area contributed by atoms with E-state index in [0.717, 1.165) is 103 Å². The van der Waals surface area contributed by atoms with Crippen molar-refractivity contribution < 1.29 is 28.6 Å². The maximum atomic E-state index is 13.0. The Bertz CT molecular complexity index is 1550. The number of hydrogen-bond donors (Lipinski definition) is 0. The van der Waals surface area contributed by atoms with E-state index < -0.39 is 6.10 Å². The lowest BCUT2D eigenvalue weighted by atomic mass is 10.0. The lowest BCUT2D eigenvalue weighted by Gasteiger charge is -2.18.